The summed E-state index contributed by atoms with van der Waals surface area (Å²) in [5, 5.41) is 0. The zero-order valence-corrected chi connectivity index (χ0v) is 11.3. The lowest BCUT2D eigenvalue weighted by Crippen LogP contribution is -2.46. The van der Waals surface area contributed by atoms with Crippen LogP contribution in [0.15, 0.2) is 24.3 Å². The van der Waals surface area contributed by atoms with Crippen LogP contribution in [0, 0.1) is 6.92 Å². The lowest BCUT2D eigenvalue weighted by molar-refractivity contribution is 0.264. The summed E-state index contributed by atoms with van der Waals surface area (Å²) >= 11 is 0. The molecule has 0 spiro atoms. The fraction of sp³-hybridized carbons (Fsp3) is 0.538. The van der Waals surface area contributed by atoms with Gasteiger partial charge in [0.15, 0.2) is 0 Å². The molecule has 0 aromatic heterocycles. The molecule has 1 saturated carbocycles. The van der Waals surface area contributed by atoms with E-state index in [2.05, 4.69) is 4.72 Å². The second-order valence-electron chi connectivity index (χ2n) is 5.09. The Bertz CT molecular complexity index is 502. The largest absolute Gasteiger partial charge is 0.334 e. The summed E-state index contributed by atoms with van der Waals surface area (Å²) in [4.78, 5) is 0. The van der Waals surface area contributed by atoms with Crippen LogP contribution in [-0.2, 0) is 15.8 Å². The molecule has 2 N–H and O–H groups in total. The second kappa shape index (κ2) is 4.99. The molecule has 2 rings (SSSR count). The van der Waals surface area contributed by atoms with Gasteiger partial charge in [0.1, 0.15) is 0 Å². The van der Waals surface area contributed by atoms with Crippen molar-refractivity contribution in [2.45, 2.75) is 44.6 Å². The molecule has 4 nitrogen and oxygen atoms in total. The van der Waals surface area contributed by atoms with Gasteiger partial charge in [0.2, 0.25) is 0 Å². The van der Waals surface area contributed by atoms with E-state index in [1.807, 2.05) is 31.2 Å². The standard InChI is InChI=1S/C13H19NO3S/c1-11-5-7-12(8-6-11)13(14-18(15,16)17)9-3-2-4-10-13/h5-8,14H,2-4,9-10H2,1H3,(H,15,16,17). The van der Waals surface area contributed by atoms with Crippen molar-refractivity contribution in [3.63, 3.8) is 0 Å². The van der Waals surface area contributed by atoms with E-state index in [0.717, 1.165) is 43.2 Å². The van der Waals surface area contributed by atoms with Crippen LogP contribution in [-0.4, -0.2) is 13.0 Å². The predicted octanol–water partition coefficient (Wildman–Crippen LogP) is 2.55. The van der Waals surface area contributed by atoms with E-state index in [-0.39, 0.29) is 0 Å². The molecule has 1 aliphatic carbocycles. The smallest absolute Gasteiger partial charge is 0.273 e. The van der Waals surface area contributed by atoms with Gasteiger partial charge in [0.25, 0.3) is 0 Å². The summed E-state index contributed by atoms with van der Waals surface area (Å²) in [6.07, 6.45) is 4.51. The van der Waals surface area contributed by atoms with Crippen LogP contribution in [0.2, 0.25) is 0 Å². The lowest BCUT2D eigenvalue weighted by atomic mass is 9.77. The molecule has 0 amide bonds. The third-order valence-corrected chi connectivity index (χ3v) is 4.28. The molecule has 5 heteroatoms. The van der Waals surface area contributed by atoms with Crippen molar-refractivity contribution in [2.75, 3.05) is 0 Å². The molecule has 0 aliphatic heterocycles. The van der Waals surface area contributed by atoms with E-state index >= 15 is 0 Å². The zero-order chi connectivity index (χ0) is 13.2. The van der Waals surface area contributed by atoms with E-state index in [0.29, 0.717) is 0 Å². The molecule has 0 atom stereocenters. The third kappa shape index (κ3) is 3.10. The highest BCUT2D eigenvalue weighted by molar-refractivity contribution is 7.83. The first-order valence-corrected chi connectivity index (χ1v) is 7.69. The Labute approximate surface area is 108 Å². The van der Waals surface area contributed by atoms with Gasteiger partial charge in [-0.1, -0.05) is 49.1 Å². The maximum absolute atomic E-state index is 11.2. The van der Waals surface area contributed by atoms with E-state index in [1.165, 1.54) is 0 Å². The minimum Gasteiger partial charge on any atom is -0.273 e. The average Bonchev–Trinajstić information content (AvgIpc) is 2.28. The predicted molar refractivity (Wildman–Crippen MR) is 70.6 cm³/mol. The molecule has 1 aromatic carbocycles. The van der Waals surface area contributed by atoms with Crippen molar-refractivity contribution >= 4 is 10.3 Å². The molecule has 0 unspecified atom stereocenters. The topological polar surface area (TPSA) is 66.4 Å². The SMILES string of the molecule is Cc1ccc(C2(NS(=O)(=O)O)CCCCC2)cc1. The van der Waals surface area contributed by atoms with Crippen molar-refractivity contribution in [2.24, 2.45) is 0 Å². The van der Waals surface area contributed by atoms with Gasteiger partial charge in [-0.3, -0.25) is 4.55 Å². The Morgan fingerprint density at radius 1 is 1.11 bits per heavy atom. The first-order valence-electron chi connectivity index (χ1n) is 6.25. The van der Waals surface area contributed by atoms with Gasteiger partial charge in [-0.25, -0.2) is 0 Å². The summed E-state index contributed by atoms with van der Waals surface area (Å²) in [6, 6.07) is 7.83. The normalized spacial score (nSPS) is 19.7. The summed E-state index contributed by atoms with van der Waals surface area (Å²) in [5.41, 5.74) is 1.43. The van der Waals surface area contributed by atoms with E-state index in [4.69, 9.17) is 4.55 Å². The minimum absolute atomic E-state index is 0.639. The molecule has 1 aliphatic rings. The molecule has 1 aromatic rings. The van der Waals surface area contributed by atoms with Gasteiger partial charge in [-0.05, 0) is 25.3 Å². The molecular formula is C13H19NO3S. The molecular weight excluding hydrogens is 250 g/mol. The van der Waals surface area contributed by atoms with Gasteiger partial charge in [-0.2, -0.15) is 13.1 Å². The maximum atomic E-state index is 11.2. The Hall–Kier alpha value is -0.910. The van der Waals surface area contributed by atoms with Crippen LogP contribution < -0.4 is 4.72 Å². The molecule has 18 heavy (non-hydrogen) atoms. The van der Waals surface area contributed by atoms with Crippen LogP contribution in [0.3, 0.4) is 0 Å². The van der Waals surface area contributed by atoms with E-state index in [9.17, 15) is 8.42 Å². The Kier molecular flexibility index (Phi) is 3.75. The highest BCUT2D eigenvalue weighted by atomic mass is 32.2. The fourth-order valence-electron chi connectivity index (χ4n) is 2.72. The summed E-state index contributed by atoms with van der Waals surface area (Å²) in [7, 11) is -4.19. The molecule has 0 bridgehead atoms. The Balaban J connectivity index is 2.38. The van der Waals surface area contributed by atoms with Crippen molar-refractivity contribution < 1.29 is 13.0 Å². The molecule has 1 fully saturated rings. The number of aryl methyl sites for hydroxylation is 1. The molecule has 0 saturated heterocycles. The molecule has 0 radical (unpaired) electrons. The maximum Gasteiger partial charge on any atom is 0.334 e. The quantitative estimate of drug-likeness (QED) is 0.829. The average molecular weight is 269 g/mol. The number of benzene rings is 1. The fourth-order valence-corrected chi connectivity index (χ4v) is 3.54. The minimum atomic E-state index is -4.19. The lowest BCUT2D eigenvalue weighted by Gasteiger charge is -2.37. The number of hydrogen-bond donors (Lipinski definition) is 2. The van der Waals surface area contributed by atoms with Crippen LogP contribution in [0.25, 0.3) is 0 Å². The highest BCUT2D eigenvalue weighted by Crippen LogP contribution is 2.37. The van der Waals surface area contributed by atoms with Crippen LogP contribution in [0.5, 0.6) is 0 Å². The summed E-state index contributed by atoms with van der Waals surface area (Å²) in [5.74, 6) is 0. The molecule has 0 heterocycles. The van der Waals surface area contributed by atoms with Crippen molar-refractivity contribution in [3.05, 3.63) is 35.4 Å². The van der Waals surface area contributed by atoms with Crippen LogP contribution in [0.1, 0.15) is 43.2 Å². The molecule has 100 valence electrons. The highest BCUT2D eigenvalue weighted by Gasteiger charge is 2.36. The van der Waals surface area contributed by atoms with Crippen LogP contribution >= 0.6 is 0 Å². The summed E-state index contributed by atoms with van der Waals surface area (Å²) in [6.45, 7) is 1.99. The van der Waals surface area contributed by atoms with Gasteiger partial charge in [0, 0.05) is 0 Å². The monoisotopic (exact) mass is 269 g/mol. The van der Waals surface area contributed by atoms with Gasteiger partial charge in [0.05, 0.1) is 5.54 Å². The zero-order valence-electron chi connectivity index (χ0n) is 10.5. The Morgan fingerprint density at radius 2 is 1.67 bits per heavy atom. The van der Waals surface area contributed by atoms with Crippen molar-refractivity contribution in [1.82, 2.24) is 4.72 Å². The summed E-state index contributed by atoms with van der Waals surface area (Å²) < 4.78 is 33.9. The number of rotatable bonds is 3. The third-order valence-electron chi connectivity index (χ3n) is 3.64. The van der Waals surface area contributed by atoms with Gasteiger partial charge >= 0.3 is 10.3 Å². The Morgan fingerprint density at radius 3 is 2.17 bits per heavy atom. The van der Waals surface area contributed by atoms with Gasteiger partial charge < -0.3 is 0 Å². The second-order valence-corrected chi connectivity index (χ2v) is 6.24. The van der Waals surface area contributed by atoms with Gasteiger partial charge in [-0.15, -0.1) is 0 Å². The first-order chi connectivity index (χ1) is 8.41. The van der Waals surface area contributed by atoms with E-state index in [1.54, 1.807) is 0 Å². The van der Waals surface area contributed by atoms with E-state index < -0.39 is 15.8 Å². The number of hydrogen-bond acceptors (Lipinski definition) is 2. The number of nitrogens with one attached hydrogen (secondary N) is 1. The first kappa shape index (κ1) is 13.5. The van der Waals surface area contributed by atoms with Crippen molar-refractivity contribution in [1.29, 1.82) is 0 Å². The van der Waals surface area contributed by atoms with Crippen molar-refractivity contribution in [3.8, 4) is 0 Å². The van der Waals surface area contributed by atoms with Crippen LogP contribution in [0.4, 0.5) is 0 Å².